The highest BCUT2D eigenvalue weighted by Gasteiger charge is 2.21. The van der Waals surface area contributed by atoms with E-state index in [4.69, 9.17) is 9.41 Å². The maximum Gasteiger partial charge on any atom is 0.225 e. The number of H-pyrrole nitrogens is 1. The third-order valence-corrected chi connectivity index (χ3v) is 4.40. The molecule has 0 radical (unpaired) electrons. The lowest BCUT2D eigenvalue weighted by Crippen LogP contribution is -2.53. The molecular weight excluding hydrogens is 358 g/mol. The molecule has 28 heavy (non-hydrogen) atoms. The number of hydrogen-bond donors (Lipinski definition) is 2. The first-order valence-corrected chi connectivity index (χ1v) is 9.34. The van der Waals surface area contributed by atoms with Gasteiger partial charge in [-0.15, -0.1) is 5.10 Å². The Bertz CT molecular complexity index is 883. The summed E-state index contributed by atoms with van der Waals surface area (Å²) in [6.45, 7) is 6.66. The minimum Gasteiger partial charge on any atom is -0.461 e. The largest absolute Gasteiger partial charge is 0.461 e. The monoisotopic (exact) mass is 381 g/mol. The fourth-order valence-electron chi connectivity index (χ4n) is 3.03. The van der Waals surface area contributed by atoms with Gasteiger partial charge in [-0.25, -0.2) is 19.9 Å². The zero-order chi connectivity index (χ0) is 19.2. The average molecular weight is 381 g/mol. The number of aromatic nitrogens is 5. The number of aliphatic imine (C=N–C) groups is 1. The van der Waals surface area contributed by atoms with Crippen molar-refractivity contribution in [1.29, 1.82) is 0 Å². The van der Waals surface area contributed by atoms with Gasteiger partial charge in [0, 0.05) is 45.1 Å². The molecule has 3 aromatic rings. The summed E-state index contributed by atoms with van der Waals surface area (Å²) >= 11 is 0. The van der Waals surface area contributed by atoms with E-state index in [0.717, 1.165) is 44.6 Å². The molecule has 0 bridgehead atoms. The summed E-state index contributed by atoms with van der Waals surface area (Å²) in [7, 11) is 0. The van der Waals surface area contributed by atoms with Crippen molar-refractivity contribution in [3.05, 3.63) is 42.7 Å². The van der Waals surface area contributed by atoms with Crippen LogP contribution in [0.5, 0.6) is 0 Å². The van der Waals surface area contributed by atoms with Crippen LogP contribution in [0.3, 0.4) is 0 Å². The third-order valence-electron chi connectivity index (χ3n) is 4.40. The fraction of sp³-hybridized carbons (Fsp3) is 0.389. The highest BCUT2D eigenvalue weighted by atomic mass is 16.3. The van der Waals surface area contributed by atoms with Crippen LogP contribution in [-0.2, 0) is 6.54 Å². The Morgan fingerprint density at radius 1 is 1.21 bits per heavy atom. The lowest BCUT2D eigenvalue weighted by atomic mass is 10.3. The number of anilines is 1. The molecule has 3 aromatic heterocycles. The van der Waals surface area contributed by atoms with Gasteiger partial charge in [-0.2, -0.15) is 0 Å². The van der Waals surface area contributed by atoms with Gasteiger partial charge in [-0.05, 0) is 25.1 Å². The number of piperazine rings is 1. The average Bonchev–Trinajstić information content (AvgIpc) is 3.44. The van der Waals surface area contributed by atoms with E-state index < -0.39 is 0 Å². The summed E-state index contributed by atoms with van der Waals surface area (Å²) in [5.74, 6) is 3.51. The standard InChI is InChI=1S/C18H23N9O/c1-2-19-17(22-13-15-23-16(25-24-15)14-5-3-12-28-14)26-8-10-27(11-9-26)18-20-6-4-7-21-18/h3-7,12H,2,8-11,13H2,1H3,(H,19,22)(H,23,24,25). The summed E-state index contributed by atoms with van der Waals surface area (Å²) in [6, 6.07) is 5.47. The van der Waals surface area contributed by atoms with Crippen molar-refractivity contribution >= 4 is 11.9 Å². The van der Waals surface area contributed by atoms with Gasteiger partial charge in [0.15, 0.2) is 11.7 Å². The van der Waals surface area contributed by atoms with E-state index in [1.54, 1.807) is 18.7 Å². The third kappa shape index (κ3) is 4.11. The van der Waals surface area contributed by atoms with E-state index in [1.165, 1.54) is 0 Å². The van der Waals surface area contributed by atoms with Gasteiger partial charge < -0.3 is 19.5 Å². The molecule has 0 aliphatic carbocycles. The Kier molecular flexibility index (Phi) is 5.46. The second kappa shape index (κ2) is 8.51. The number of aromatic amines is 1. The van der Waals surface area contributed by atoms with Crippen molar-refractivity contribution in [2.24, 2.45) is 4.99 Å². The Labute approximate surface area is 162 Å². The van der Waals surface area contributed by atoms with Gasteiger partial charge in [0.25, 0.3) is 0 Å². The summed E-state index contributed by atoms with van der Waals surface area (Å²) in [5, 5.41) is 10.5. The van der Waals surface area contributed by atoms with Crippen molar-refractivity contribution in [2.45, 2.75) is 13.5 Å². The molecule has 146 valence electrons. The minimum absolute atomic E-state index is 0.415. The molecule has 1 aliphatic rings. The second-order valence-electron chi connectivity index (χ2n) is 6.28. The molecule has 4 rings (SSSR count). The summed E-state index contributed by atoms with van der Waals surface area (Å²) in [4.78, 5) is 22.3. The molecule has 0 amide bonds. The van der Waals surface area contributed by atoms with Crippen LogP contribution in [0.25, 0.3) is 11.6 Å². The molecule has 1 fully saturated rings. The molecule has 2 N–H and O–H groups in total. The van der Waals surface area contributed by atoms with Crippen LogP contribution in [0, 0.1) is 0 Å². The van der Waals surface area contributed by atoms with E-state index >= 15 is 0 Å². The summed E-state index contributed by atoms with van der Waals surface area (Å²) < 4.78 is 5.32. The number of guanidine groups is 1. The van der Waals surface area contributed by atoms with E-state index in [2.05, 4.69) is 47.2 Å². The number of rotatable bonds is 5. The number of nitrogens with one attached hydrogen (secondary N) is 2. The molecule has 10 nitrogen and oxygen atoms in total. The van der Waals surface area contributed by atoms with Crippen LogP contribution in [0.1, 0.15) is 12.7 Å². The smallest absolute Gasteiger partial charge is 0.225 e. The van der Waals surface area contributed by atoms with Gasteiger partial charge in [0.2, 0.25) is 11.8 Å². The van der Waals surface area contributed by atoms with Crippen LogP contribution in [-0.4, -0.2) is 68.7 Å². The zero-order valence-corrected chi connectivity index (χ0v) is 15.7. The Morgan fingerprint density at radius 2 is 2.04 bits per heavy atom. The van der Waals surface area contributed by atoms with Crippen molar-refractivity contribution in [2.75, 3.05) is 37.6 Å². The first-order valence-electron chi connectivity index (χ1n) is 9.34. The van der Waals surface area contributed by atoms with Gasteiger partial charge >= 0.3 is 0 Å². The van der Waals surface area contributed by atoms with Gasteiger partial charge in [-0.1, -0.05) is 0 Å². The maximum absolute atomic E-state index is 5.32. The lowest BCUT2D eigenvalue weighted by molar-refractivity contribution is 0.370. The zero-order valence-electron chi connectivity index (χ0n) is 15.7. The second-order valence-corrected chi connectivity index (χ2v) is 6.28. The van der Waals surface area contributed by atoms with E-state index in [0.29, 0.717) is 24.0 Å². The minimum atomic E-state index is 0.415. The maximum atomic E-state index is 5.32. The quantitative estimate of drug-likeness (QED) is 0.500. The number of hydrogen-bond acceptors (Lipinski definition) is 7. The Hall–Kier alpha value is -3.43. The van der Waals surface area contributed by atoms with Crippen molar-refractivity contribution in [3.63, 3.8) is 0 Å². The van der Waals surface area contributed by atoms with Crippen LogP contribution in [0.4, 0.5) is 5.95 Å². The fourth-order valence-corrected chi connectivity index (χ4v) is 3.03. The first-order chi connectivity index (χ1) is 13.8. The van der Waals surface area contributed by atoms with Gasteiger partial charge in [0.05, 0.1) is 6.26 Å². The topological polar surface area (TPSA) is 111 Å². The summed E-state index contributed by atoms with van der Waals surface area (Å²) in [6.07, 6.45) is 5.15. The van der Waals surface area contributed by atoms with Crippen molar-refractivity contribution in [1.82, 2.24) is 35.4 Å². The van der Waals surface area contributed by atoms with Crippen molar-refractivity contribution in [3.8, 4) is 11.6 Å². The Morgan fingerprint density at radius 3 is 2.75 bits per heavy atom. The lowest BCUT2D eigenvalue weighted by Gasteiger charge is -2.36. The van der Waals surface area contributed by atoms with Gasteiger partial charge in [-0.3, -0.25) is 5.10 Å². The molecule has 1 saturated heterocycles. The summed E-state index contributed by atoms with van der Waals surface area (Å²) in [5.41, 5.74) is 0. The Balaban J connectivity index is 1.39. The molecular formula is C18H23N9O. The highest BCUT2D eigenvalue weighted by Crippen LogP contribution is 2.15. The molecule has 1 aliphatic heterocycles. The van der Waals surface area contributed by atoms with Crippen LogP contribution in [0.2, 0.25) is 0 Å². The van der Waals surface area contributed by atoms with Crippen LogP contribution >= 0.6 is 0 Å². The molecule has 0 atom stereocenters. The molecule has 0 aromatic carbocycles. The van der Waals surface area contributed by atoms with Crippen molar-refractivity contribution < 1.29 is 4.42 Å². The van der Waals surface area contributed by atoms with E-state index in [9.17, 15) is 0 Å². The molecule has 0 saturated carbocycles. The van der Waals surface area contributed by atoms with E-state index in [-0.39, 0.29) is 0 Å². The molecule has 0 unspecified atom stereocenters. The van der Waals surface area contributed by atoms with Crippen LogP contribution in [0.15, 0.2) is 46.3 Å². The molecule has 4 heterocycles. The first kappa shape index (κ1) is 18.0. The predicted octanol–water partition coefficient (Wildman–Crippen LogP) is 1.14. The normalized spacial score (nSPS) is 15.1. The molecule has 0 spiro atoms. The number of nitrogens with zero attached hydrogens (tertiary/aromatic N) is 7. The molecule has 10 heteroatoms. The van der Waals surface area contributed by atoms with E-state index in [1.807, 2.05) is 18.2 Å². The van der Waals surface area contributed by atoms with Crippen LogP contribution < -0.4 is 10.2 Å². The number of furan rings is 1. The SMILES string of the molecule is CCNC(=NCc1nc(-c2ccco2)n[nH]1)N1CCN(c2ncccn2)CC1. The highest BCUT2D eigenvalue weighted by molar-refractivity contribution is 5.80. The predicted molar refractivity (Wildman–Crippen MR) is 105 cm³/mol. The van der Waals surface area contributed by atoms with Gasteiger partial charge in [0.1, 0.15) is 12.4 Å².